The molecule has 2 aliphatic rings. The van der Waals surface area contributed by atoms with Gasteiger partial charge >= 0.3 is 0 Å². The Morgan fingerprint density at radius 1 is 1.18 bits per heavy atom. The number of aromatic nitrogens is 4. The van der Waals surface area contributed by atoms with Gasteiger partial charge in [-0.3, -0.25) is 0 Å². The van der Waals surface area contributed by atoms with Gasteiger partial charge in [0, 0.05) is 29.6 Å². The second-order valence-electron chi connectivity index (χ2n) is 9.14. The standard InChI is InChI=1S/C23H22BrClN6O2/c24-14-5-11-1-2-12(6-15(11)30-20(14)25)16-7-23(9-27-16)8-17(18(32)19(23)33)31-4-3-13-21(26)28-10-29-22(13)31/h1-6,10,16-19,27,32-33H,7-9H2,(H2,26,28,29). The van der Waals surface area contributed by atoms with E-state index in [4.69, 9.17) is 17.3 Å². The minimum absolute atomic E-state index is 0.0404. The molecule has 170 valence electrons. The van der Waals surface area contributed by atoms with Crippen molar-refractivity contribution in [2.45, 2.75) is 37.1 Å². The van der Waals surface area contributed by atoms with Crippen molar-refractivity contribution in [1.29, 1.82) is 0 Å². The van der Waals surface area contributed by atoms with Gasteiger partial charge in [-0.15, -0.1) is 0 Å². The van der Waals surface area contributed by atoms with Gasteiger partial charge in [-0.25, -0.2) is 15.0 Å². The summed E-state index contributed by atoms with van der Waals surface area (Å²) in [7, 11) is 0. The zero-order chi connectivity index (χ0) is 22.9. The molecule has 2 fully saturated rings. The smallest absolute Gasteiger partial charge is 0.145 e. The van der Waals surface area contributed by atoms with E-state index in [9.17, 15) is 10.2 Å². The van der Waals surface area contributed by atoms with Crippen molar-refractivity contribution in [3.63, 3.8) is 0 Å². The molecule has 6 rings (SSSR count). The van der Waals surface area contributed by atoms with E-state index < -0.39 is 17.6 Å². The maximum absolute atomic E-state index is 11.2. The van der Waals surface area contributed by atoms with E-state index in [2.05, 4.69) is 42.3 Å². The van der Waals surface area contributed by atoms with Gasteiger partial charge in [0.05, 0.1) is 27.5 Å². The van der Waals surface area contributed by atoms with Crippen LogP contribution in [-0.2, 0) is 0 Å². The first-order chi connectivity index (χ1) is 15.9. The van der Waals surface area contributed by atoms with Crippen LogP contribution in [0.15, 0.2) is 47.3 Å². The third kappa shape index (κ3) is 3.25. The highest BCUT2D eigenvalue weighted by molar-refractivity contribution is 9.10. The van der Waals surface area contributed by atoms with Crippen LogP contribution < -0.4 is 11.1 Å². The fourth-order valence-electron chi connectivity index (χ4n) is 5.60. The highest BCUT2D eigenvalue weighted by Gasteiger charge is 2.56. The largest absolute Gasteiger partial charge is 0.390 e. The molecule has 1 saturated carbocycles. The van der Waals surface area contributed by atoms with Crippen LogP contribution in [0.2, 0.25) is 5.15 Å². The average Bonchev–Trinajstić information content (AvgIpc) is 3.48. The number of nitrogen functional groups attached to an aromatic ring is 1. The molecule has 8 nitrogen and oxygen atoms in total. The monoisotopic (exact) mass is 528 g/mol. The summed E-state index contributed by atoms with van der Waals surface area (Å²) in [6.45, 7) is 0.606. The Bertz CT molecular complexity index is 1400. The quantitative estimate of drug-likeness (QED) is 0.294. The number of anilines is 1. The van der Waals surface area contributed by atoms with E-state index in [0.717, 1.165) is 26.3 Å². The molecular formula is C23H22BrClN6O2. The molecule has 1 aromatic carbocycles. The number of nitrogens with zero attached hydrogens (tertiary/aromatic N) is 4. The van der Waals surface area contributed by atoms with E-state index in [1.54, 1.807) is 0 Å². The van der Waals surface area contributed by atoms with Crippen molar-refractivity contribution in [2.75, 3.05) is 12.3 Å². The predicted molar refractivity (Wildman–Crippen MR) is 130 cm³/mol. The lowest BCUT2D eigenvalue weighted by molar-refractivity contribution is -0.0218. The number of pyridine rings is 1. The summed E-state index contributed by atoms with van der Waals surface area (Å²) in [5.41, 5.74) is 8.11. The molecule has 4 aromatic rings. The third-order valence-electron chi connectivity index (χ3n) is 7.32. The number of rotatable bonds is 2. The van der Waals surface area contributed by atoms with Gasteiger partial charge in [-0.05, 0) is 52.5 Å². The number of fused-ring (bicyclic) bond motifs is 2. The van der Waals surface area contributed by atoms with E-state index in [0.29, 0.717) is 36.0 Å². The Hall–Kier alpha value is -2.30. The fourth-order valence-corrected chi connectivity index (χ4v) is 6.08. The third-order valence-corrected chi connectivity index (χ3v) is 8.44. The number of aliphatic hydroxyl groups is 2. The Balaban J connectivity index is 1.30. The first kappa shape index (κ1) is 21.2. The Morgan fingerprint density at radius 3 is 2.88 bits per heavy atom. The molecule has 0 radical (unpaired) electrons. The van der Waals surface area contributed by atoms with Crippen molar-refractivity contribution in [2.24, 2.45) is 5.41 Å². The van der Waals surface area contributed by atoms with Gasteiger partial charge in [0.1, 0.15) is 29.0 Å². The number of hydrogen-bond acceptors (Lipinski definition) is 7. The molecule has 1 aliphatic heterocycles. The normalized spacial score (nSPS) is 29.6. The lowest BCUT2D eigenvalue weighted by Gasteiger charge is -2.27. The first-order valence-corrected chi connectivity index (χ1v) is 12.0. The number of nitrogens with two attached hydrogens (primary N) is 1. The molecule has 1 saturated heterocycles. The van der Waals surface area contributed by atoms with Crippen molar-refractivity contribution in [1.82, 2.24) is 24.8 Å². The summed E-state index contributed by atoms with van der Waals surface area (Å²) in [6.07, 6.45) is 2.84. The van der Waals surface area contributed by atoms with Crippen LogP contribution in [0.1, 0.15) is 30.5 Å². The zero-order valence-corrected chi connectivity index (χ0v) is 19.8. The number of nitrogens with one attached hydrogen (secondary N) is 1. The molecule has 4 heterocycles. The Kier molecular flexibility index (Phi) is 4.90. The lowest BCUT2D eigenvalue weighted by Crippen LogP contribution is -2.38. The summed E-state index contributed by atoms with van der Waals surface area (Å²) >= 11 is 9.62. The molecule has 3 aromatic heterocycles. The Labute approximate surface area is 202 Å². The molecule has 1 aliphatic carbocycles. The molecule has 0 amide bonds. The second-order valence-corrected chi connectivity index (χ2v) is 10.4. The maximum Gasteiger partial charge on any atom is 0.145 e. The van der Waals surface area contributed by atoms with Crippen LogP contribution in [0.25, 0.3) is 21.9 Å². The van der Waals surface area contributed by atoms with Crippen molar-refractivity contribution in [3.8, 4) is 0 Å². The average molecular weight is 530 g/mol. The minimum Gasteiger partial charge on any atom is -0.390 e. The molecule has 5 atom stereocenters. The van der Waals surface area contributed by atoms with Gasteiger partial charge in [0.15, 0.2) is 0 Å². The summed E-state index contributed by atoms with van der Waals surface area (Å²) in [4.78, 5) is 12.9. The molecule has 10 heteroatoms. The van der Waals surface area contributed by atoms with E-state index in [-0.39, 0.29) is 12.1 Å². The van der Waals surface area contributed by atoms with Crippen molar-refractivity contribution < 1.29 is 10.2 Å². The van der Waals surface area contributed by atoms with Crippen LogP contribution in [0.5, 0.6) is 0 Å². The zero-order valence-electron chi connectivity index (χ0n) is 17.5. The van der Waals surface area contributed by atoms with Crippen LogP contribution in [0.4, 0.5) is 5.82 Å². The molecule has 33 heavy (non-hydrogen) atoms. The van der Waals surface area contributed by atoms with Gasteiger partial charge in [0.2, 0.25) is 0 Å². The summed E-state index contributed by atoms with van der Waals surface area (Å²) in [5.74, 6) is 0.404. The molecular weight excluding hydrogens is 508 g/mol. The highest BCUT2D eigenvalue weighted by atomic mass is 79.9. The fraction of sp³-hybridized carbons (Fsp3) is 0.348. The second kappa shape index (κ2) is 7.61. The first-order valence-electron chi connectivity index (χ1n) is 10.8. The molecule has 5 N–H and O–H groups in total. The SMILES string of the molecule is Nc1ncnc2c1ccn2C1CC2(CNC(c3ccc4cc(Br)c(Cl)nc4c3)C2)C(O)C1O. The Morgan fingerprint density at radius 2 is 2.03 bits per heavy atom. The van der Waals surface area contributed by atoms with Gasteiger partial charge in [0.25, 0.3) is 0 Å². The summed E-state index contributed by atoms with van der Waals surface area (Å²) < 4.78 is 2.68. The number of aliphatic hydroxyl groups excluding tert-OH is 2. The summed E-state index contributed by atoms with van der Waals surface area (Å²) in [5, 5.41) is 27.9. The lowest BCUT2D eigenvalue weighted by atomic mass is 9.80. The maximum atomic E-state index is 11.2. The van der Waals surface area contributed by atoms with E-state index in [1.807, 2.05) is 35.0 Å². The minimum atomic E-state index is -0.910. The van der Waals surface area contributed by atoms with Gasteiger partial charge < -0.3 is 25.8 Å². The predicted octanol–water partition coefficient (Wildman–Crippen LogP) is 3.37. The van der Waals surface area contributed by atoms with E-state index >= 15 is 0 Å². The van der Waals surface area contributed by atoms with Crippen LogP contribution in [-0.4, -0.2) is 48.5 Å². The van der Waals surface area contributed by atoms with E-state index in [1.165, 1.54) is 6.33 Å². The van der Waals surface area contributed by atoms with Crippen LogP contribution in [0.3, 0.4) is 0 Å². The number of hydrogen-bond donors (Lipinski definition) is 4. The molecule has 1 spiro atoms. The highest BCUT2D eigenvalue weighted by Crippen LogP contribution is 2.52. The van der Waals surface area contributed by atoms with Crippen LogP contribution >= 0.6 is 27.5 Å². The van der Waals surface area contributed by atoms with Crippen LogP contribution in [0, 0.1) is 5.41 Å². The number of halogens is 2. The number of benzene rings is 1. The van der Waals surface area contributed by atoms with Crippen molar-refractivity contribution in [3.05, 3.63) is 58.0 Å². The molecule has 5 unspecified atom stereocenters. The van der Waals surface area contributed by atoms with Crippen molar-refractivity contribution >= 4 is 55.3 Å². The topological polar surface area (TPSA) is 122 Å². The summed E-state index contributed by atoms with van der Waals surface area (Å²) in [6, 6.07) is 9.70. The molecule has 0 bridgehead atoms. The van der Waals surface area contributed by atoms with Gasteiger partial charge in [-0.2, -0.15) is 0 Å². The van der Waals surface area contributed by atoms with Gasteiger partial charge in [-0.1, -0.05) is 23.7 Å².